The zero-order chi connectivity index (χ0) is 13.9. The summed E-state index contributed by atoms with van der Waals surface area (Å²) in [6.45, 7) is 4.35. The van der Waals surface area contributed by atoms with Gasteiger partial charge in [-0.05, 0) is 82.0 Å². The first-order valence-corrected chi connectivity index (χ1v) is 8.41. The predicted molar refractivity (Wildman–Crippen MR) is 81.2 cm³/mol. The van der Waals surface area contributed by atoms with Crippen LogP contribution in [0.15, 0.2) is 6.20 Å². The van der Waals surface area contributed by atoms with Crippen molar-refractivity contribution in [1.29, 1.82) is 0 Å². The second-order valence-electron chi connectivity index (χ2n) is 7.84. The molecule has 1 unspecified atom stereocenters. The van der Waals surface area contributed by atoms with Crippen LogP contribution in [0, 0.1) is 36.5 Å². The maximum Gasteiger partial charge on any atom is 0.124 e. The van der Waals surface area contributed by atoms with Gasteiger partial charge in [-0.25, -0.2) is 4.68 Å². The number of nitrogen functional groups attached to an aromatic ring is 1. The number of hydrogen-bond acceptors (Lipinski definition) is 2. The average molecular weight is 273 g/mol. The third-order valence-electron chi connectivity index (χ3n) is 6.48. The molecule has 0 spiro atoms. The normalized spacial score (nSPS) is 40.2. The van der Waals surface area contributed by atoms with Crippen molar-refractivity contribution in [3.05, 3.63) is 11.8 Å². The molecule has 1 heterocycles. The lowest BCUT2D eigenvalue weighted by atomic mass is 9.51. The van der Waals surface area contributed by atoms with Gasteiger partial charge in [0.1, 0.15) is 5.82 Å². The van der Waals surface area contributed by atoms with Crippen LogP contribution in [-0.4, -0.2) is 9.78 Å². The summed E-state index contributed by atoms with van der Waals surface area (Å²) in [6, 6.07) is 0.450. The Labute approximate surface area is 121 Å². The Kier molecular flexibility index (Phi) is 2.87. The third-order valence-corrected chi connectivity index (χ3v) is 6.48. The SMILES string of the molecule is Cc1cnn(C(C)CC2C3CC4CC(C3)CC2C4)c1N. The van der Waals surface area contributed by atoms with Crippen LogP contribution in [0.4, 0.5) is 5.82 Å². The largest absolute Gasteiger partial charge is 0.384 e. The summed E-state index contributed by atoms with van der Waals surface area (Å²) in [6.07, 6.45) is 10.8. The number of aryl methyl sites for hydroxylation is 1. The van der Waals surface area contributed by atoms with Crippen LogP contribution >= 0.6 is 0 Å². The van der Waals surface area contributed by atoms with Crippen LogP contribution in [0.3, 0.4) is 0 Å². The highest BCUT2D eigenvalue weighted by atomic mass is 15.3. The van der Waals surface area contributed by atoms with Crippen LogP contribution in [0.5, 0.6) is 0 Å². The molecule has 20 heavy (non-hydrogen) atoms. The lowest BCUT2D eigenvalue weighted by Crippen LogP contribution is -2.45. The first-order valence-electron chi connectivity index (χ1n) is 8.41. The summed E-state index contributed by atoms with van der Waals surface area (Å²) in [7, 11) is 0. The minimum Gasteiger partial charge on any atom is -0.384 e. The molecule has 5 rings (SSSR count). The first kappa shape index (κ1) is 12.7. The molecule has 110 valence electrons. The fourth-order valence-electron chi connectivity index (χ4n) is 5.73. The number of anilines is 1. The van der Waals surface area contributed by atoms with Gasteiger partial charge in [0.25, 0.3) is 0 Å². The summed E-state index contributed by atoms with van der Waals surface area (Å²) in [5.74, 6) is 5.95. The Morgan fingerprint density at radius 2 is 1.80 bits per heavy atom. The molecule has 1 aromatic rings. The van der Waals surface area contributed by atoms with E-state index in [0.717, 1.165) is 41.0 Å². The second-order valence-corrected chi connectivity index (χ2v) is 7.84. The van der Waals surface area contributed by atoms with Crippen molar-refractivity contribution in [1.82, 2.24) is 9.78 Å². The Morgan fingerprint density at radius 1 is 1.20 bits per heavy atom. The van der Waals surface area contributed by atoms with Gasteiger partial charge in [0, 0.05) is 5.56 Å². The molecular weight excluding hydrogens is 246 g/mol. The van der Waals surface area contributed by atoms with E-state index in [1.165, 1.54) is 32.1 Å². The fraction of sp³-hybridized carbons (Fsp3) is 0.824. The number of hydrogen-bond donors (Lipinski definition) is 1. The summed E-state index contributed by atoms with van der Waals surface area (Å²) in [5.41, 5.74) is 7.27. The molecule has 0 amide bonds. The van der Waals surface area contributed by atoms with Gasteiger partial charge in [-0.2, -0.15) is 5.10 Å². The molecule has 0 aliphatic heterocycles. The van der Waals surface area contributed by atoms with Crippen molar-refractivity contribution >= 4 is 5.82 Å². The van der Waals surface area contributed by atoms with E-state index in [0.29, 0.717) is 6.04 Å². The molecule has 2 N–H and O–H groups in total. The number of nitrogens with zero attached hydrogens (tertiary/aromatic N) is 2. The summed E-state index contributed by atoms with van der Waals surface area (Å²) >= 11 is 0. The molecular formula is C17H27N3. The Balaban J connectivity index is 1.50. The summed E-state index contributed by atoms with van der Waals surface area (Å²) in [4.78, 5) is 0. The van der Waals surface area contributed by atoms with Gasteiger partial charge >= 0.3 is 0 Å². The maximum atomic E-state index is 6.15. The van der Waals surface area contributed by atoms with Crippen molar-refractivity contribution in [3.63, 3.8) is 0 Å². The van der Waals surface area contributed by atoms with Crippen molar-refractivity contribution in [3.8, 4) is 0 Å². The van der Waals surface area contributed by atoms with E-state index in [9.17, 15) is 0 Å². The molecule has 1 aromatic heterocycles. The molecule has 0 aromatic carbocycles. The first-order chi connectivity index (χ1) is 9.61. The van der Waals surface area contributed by atoms with E-state index < -0.39 is 0 Å². The maximum absolute atomic E-state index is 6.15. The lowest BCUT2D eigenvalue weighted by molar-refractivity contribution is -0.0444. The van der Waals surface area contributed by atoms with Gasteiger partial charge in [-0.1, -0.05) is 0 Å². The van der Waals surface area contributed by atoms with Crippen molar-refractivity contribution < 1.29 is 0 Å². The van der Waals surface area contributed by atoms with Crippen LogP contribution in [0.25, 0.3) is 0 Å². The Morgan fingerprint density at radius 3 is 2.30 bits per heavy atom. The second kappa shape index (κ2) is 4.51. The molecule has 0 radical (unpaired) electrons. The highest BCUT2D eigenvalue weighted by Crippen LogP contribution is 2.58. The smallest absolute Gasteiger partial charge is 0.124 e. The quantitative estimate of drug-likeness (QED) is 0.910. The molecule has 4 bridgehead atoms. The highest BCUT2D eigenvalue weighted by Gasteiger charge is 2.48. The van der Waals surface area contributed by atoms with Gasteiger partial charge in [-0.3, -0.25) is 0 Å². The minimum atomic E-state index is 0.450. The molecule has 4 fully saturated rings. The van der Waals surface area contributed by atoms with Gasteiger partial charge < -0.3 is 5.73 Å². The van der Waals surface area contributed by atoms with Crippen LogP contribution in [0.1, 0.15) is 57.1 Å². The standard InChI is InChI=1S/C17H27N3/c1-10-9-19-20(17(10)18)11(2)3-16-14-5-12-4-13(7-14)8-15(16)6-12/h9,11-16H,3-8,18H2,1-2H3. The van der Waals surface area contributed by atoms with Gasteiger partial charge in [-0.15, -0.1) is 0 Å². The molecule has 3 nitrogen and oxygen atoms in total. The van der Waals surface area contributed by atoms with E-state index in [4.69, 9.17) is 5.73 Å². The van der Waals surface area contributed by atoms with Crippen LogP contribution in [0.2, 0.25) is 0 Å². The van der Waals surface area contributed by atoms with E-state index in [-0.39, 0.29) is 0 Å². The van der Waals surface area contributed by atoms with E-state index >= 15 is 0 Å². The summed E-state index contributed by atoms with van der Waals surface area (Å²) in [5, 5.41) is 4.49. The molecule has 4 aliphatic carbocycles. The van der Waals surface area contributed by atoms with E-state index in [2.05, 4.69) is 23.6 Å². The van der Waals surface area contributed by atoms with Crippen LogP contribution < -0.4 is 5.73 Å². The molecule has 0 saturated heterocycles. The van der Waals surface area contributed by atoms with Gasteiger partial charge in [0.15, 0.2) is 0 Å². The number of rotatable bonds is 3. The average Bonchev–Trinajstić information content (AvgIpc) is 2.73. The minimum absolute atomic E-state index is 0.450. The zero-order valence-corrected chi connectivity index (χ0v) is 12.8. The Hall–Kier alpha value is -0.990. The highest BCUT2D eigenvalue weighted by molar-refractivity contribution is 5.37. The molecule has 3 heteroatoms. The lowest BCUT2D eigenvalue weighted by Gasteiger charge is -2.55. The zero-order valence-electron chi connectivity index (χ0n) is 12.8. The number of nitrogens with two attached hydrogens (primary N) is 1. The monoisotopic (exact) mass is 273 g/mol. The molecule has 4 saturated carbocycles. The number of aromatic nitrogens is 2. The molecule has 1 atom stereocenters. The van der Waals surface area contributed by atoms with E-state index in [1.807, 2.05) is 6.20 Å². The van der Waals surface area contributed by atoms with Gasteiger partial charge in [0.05, 0.1) is 12.2 Å². The summed E-state index contributed by atoms with van der Waals surface area (Å²) < 4.78 is 2.06. The molecule has 4 aliphatic rings. The topological polar surface area (TPSA) is 43.8 Å². The Bertz CT molecular complexity index is 476. The predicted octanol–water partition coefficient (Wildman–Crippen LogP) is 3.80. The van der Waals surface area contributed by atoms with Crippen LogP contribution in [-0.2, 0) is 0 Å². The third kappa shape index (κ3) is 1.89. The van der Waals surface area contributed by atoms with Crippen molar-refractivity contribution in [2.75, 3.05) is 5.73 Å². The van der Waals surface area contributed by atoms with E-state index in [1.54, 1.807) is 6.42 Å². The van der Waals surface area contributed by atoms with Gasteiger partial charge in [0.2, 0.25) is 0 Å². The van der Waals surface area contributed by atoms with Crippen molar-refractivity contribution in [2.24, 2.45) is 29.6 Å². The van der Waals surface area contributed by atoms with Crippen molar-refractivity contribution in [2.45, 2.75) is 58.4 Å². The fourth-order valence-corrected chi connectivity index (χ4v) is 5.73.